The fourth-order valence-corrected chi connectivity index (χ4v) is 9.08. The minimum atomic E-state index is 0.646. The number of hydrogen-bond acceptors (Lipinski definition) is 4. The minimum absolute atomic E-state index is 0.646. The van der Waals surface area contributed by atoms with Crippen molar-refractivity contribution in [3.63, 3.8) is 0 Å². The molecule has 0 aliphatic rings. The summed E-state index contributed by atoms with van der Waals surface area (Å²) in [6, 6.07) is 67.1. The topological polar surface area (TPSA) is 38.7 Å². The number of nitrogens with zero attached hydrogens (tertiary/aromatic N) is 3. The molecule has 0 N–H and O–H groups in total. The van der Waals surface area contributed by atoms with E-state index in [0.717, 1.165) is 27.8 Å². The maximum Gasteiger partial charge on any atom is 0.164 e. The van der Waals surface area contributed by atoms with Gasteiger partial charge in [0.05, 0.1) is 0 Å². The molecular formula is C51H31N3S. The summed E-state index contributed by atoms with van der Waals surface area (Å²) in [5.74, 6) is 1.96. The van der Waals surface area contributed by atoms with Crippen LogP contribution in [0, 0.1) is 0 Å². The summed E-state index contributed by atoms with van der Waals surface area (Å²) >= 11 is 1.86. The molecule has 3 nitrogen and oxygen atoms in total. The molecule has 0 bridgehead atoms. The van der Waals surface area contributed by atoms with Gasteiger partial charge in [-0.2, -0.15) is 0 Å². The molecule has 0 radical (unpaired) electrons. The van der Waals surface area contributed by atoms with E-state index in [1.807, 2.05) is 72.0 Å². The van der Waals surface area contributed by atoms with E-state index < -0.39 is 0 Å². The van der Waals surface area contributed by atoms with E-state index in [1.165, 1.54) is 63.6 Å². The molecule has 256 valence electrons. The maximum absolute atomic E-state index is 5.00. The van der Waals surface area contributed by atoms with Gasteiger partial charge in [-0.3, -0.25) is 0 Å². The van der Waals surface area contributed by atoms with Crippen molar-refractivity contribution in [2.75, 3.05) is 0 Å². The van der Waals surface area contributed by atoms with Gasteiger partial charge in [-0.15, -0.1) is 11.3 Å². The number of fused-ring (bicyclic) bond motifs is 9. The Morgan fingerprint density at radius 1 is 0.236 bits per heavy atom. The van der Waals surface area contributed by atoms with Crippen LogP contribution in [0.2, 0.25) is 0 Å². The first-order valence-electron chi connectivity index (χ1n) is 18.5. The highest BCUT2D eigenvalue weighted by atomic mass is 32.1. The standard InChI is InChI=1S/C51H31N3S/c1-3-12-32(13-4-1)49-52-50(33-14-5-2-6-15-33)54-51(53-49)38-17-11-16-34(28-38)35-23-26-42-44(29-35)40-19-8-7-18-39(40)41-25-22-36(30-45(41)42)37-24-27-48-46(31-37)43-20-9-10-21-47(43)55-48/h1-31H. The molecule has 0 spiro atoms. The molecule has 2 aromatic heterocycles. The third-order valence-electron chi connectivity index (χ3n) is 10.7. The van der Waals surface area contributed by atoms with E-state index in [-0.39, 0.29) is 0 Å². The van der Waals surface area contributed by atoms with Crippen LogP contribution in [0.5, 0.6) is 0 Å². The zero-order valence-electron chi connectivity index (χ0n) is 29.6. The van der Waals surface area contributed by atoms with E-state index >= 15 is 0 Å². The van der Waals surface area contributed by atoms with Crippen molar-refractivity contribution in [3.8, 4) is 56.4 Å². The SMILES string of the molecule is c1ccc(-c2nc(-c3ccccc3)nc(-c3cccc(-c4ccc5c(c4)c4ccccc4c4ccc(-c6ccc7sc8ccccc8c7c6)cc45)c3)n2)cc1. The first kappa shape index (κ1) is 31.5. The molecule has 0 saturated carbocycles. The summed E-state index contributed by atoms with van der Waals surface area (Å²) in [5, 5.41) is 10.2. The molecule has 0 aliphatic carbocycles. The molecule has 0 amide bonds. The van der Waals surface area contributed by atoms with E-state index in [9.17, 15) is 0 Å². The quantitative estimate of drug-likeness (QED) is 0.166. The van der Waals surface area contributed by atoms with E-state index in [2.05, 4.69) is 127 Å². The van der Waals surface area contributed by atoms with E-state index in [1.54, 1.807) is 0 Å². The third-order valence-corrected chi connectivity index (χ3v) is 11.9. The lowest BCUT2D eigenvalue weighted by atomic mass is 9.90. The van der Waals surface area contributed by atoms with Gasteiger partial charge in [0.15, 0.2) is 17.5 Å². The number of hydrogen-bond donors (Lipinski definition) is 0. The molecular weight excluding hydrogens is 687 g/mol. The van der Waals surface area contributed by atoms with Crippen molar-refractivity contribution < 1.29 is 0 Å². The zero-order valence-corrected chi connectivity index (χ0v) is 30.5. The van der Waals surface area contributed by atoms with Crippen molar-refractivity contribution in [1.82, 2.24) is 15.0 Å². The van der Waals surface area contributed by atoms with Crippen LogP contribution < -0.4 is 0 Å². The van der Waals surface area contributed by atoms with Gasteiger partial charge in [0.2, 0.25) is 0 Å². The van der Waals surface area contributed by atoms with Gasteiger partial charge in [-0.25, -0.2) is 15.0 Å². The average molecular weight is 718 g/mol. The minimum Gasteiger partial charge on any atom is -0.208 e. The molecule has 0 fully saturated rings. The predicted octanol–water partition coefficient (Wildman–Crippen LogP) is 14.0. The second-order valence-corrected chi connectivity index (χ2v) is 15.1. The normalized spacial score (nSPS) is 11.6. The molecule has 0 aliphatic heterocycles. The highest BCUT2D eigenvalue weighted by molar-refractivity contribution is 7.25. The first-order chi connectivity index (χ1) is 27.2. The van der Waals surface area contributed by atoms with Crippen LogP contribution in [-0.2, 0) is 0 Å². The molecule has 0 unspecified atom stereocenters. The smallest absolute Gasteiger partial charge is 0.164 e. The number of benzene rings is 9. The Bertz CT molecular complexity index is 3200. The molecule has 0 saturated heterocycles. The predicted molar refractivity (Wildman–Crippen MR) is 232 cm³/mol. The van der Waals surface area contributed by atoms with Crippen LogP contribution in [0.15, 0.2) is 188 Å². The Morgan fingerprint density at radius 2 is 0.636 bits per heavy atom. The van der Waals surface area contributed by atoms with Crippen LogP contribution in [0.3, 0.4) is 0 Å². The van der Waals surface area contributed by atoms with Gasteiger partial charge in [-0.1, -0.05) is 152 Å². The lowest BCUT2D eigenvalue weighted by Crippen LogP contribution is -2.00. The molecule has 11 aromatic rings. The summed E-state index contributed by atoms with van der Waals surface area (Å²) in [6.45, 7) is 0. The second kappa shape index (κ2) is 12.8. The molecule has 9 aromatic carbocycles. The van der Waals surface area contributed by atoms with Gasteiger partial charge in [0.1, 0.15) is 0 Å². The van der Waals surface area contributed by atoms with Gasteiger partial charge >= 0.3 is 0 Å². The Morgan fingerprint density at radius 3 is 1.27 bits per heavy atom. The summed E-state index contributed by atoms with van der Waals surface area (Å²) in [4.78, 5) is 14.9. The monoisotopic (exact) mass is 717 g/mol. The molecule has 55 heavy (non-hydrogen) atoms. The summed E-state index contributed by atoms with van der Waals surface area (Å²) in [6.07, 6.45) is 0. The number of thiophene rings is 1. The molecule has 4 heteroatoms. The van der Waals surface area contributed by atoms with Gasteiger partial charge in [0.25, 0.3) is 0 Å². The zero-order chi connectivity index (χ0) is 36.3. The van der Waals surface area contributed by atoms with Crippen molar-refractivity contribution in [2.45, 2.75) is 0 Å². The van der Waals surface area contributed by atoms with Crippen molar-refractivity contribution in [2.24, 2.45) is 0 Å². The van der Waals surface area contributed by atoms with Crippen molar-refractivity contribution >= 4 is 63.8 Å². The molecule has 2 heterocycles. The Hall–Kier alpha value is -7.01. The van der Waals surface area contributed by atoms with E-state index in [0.29, 0.717) is 17.5 Å². The van der Waals surface area contributed by atoms with Gasteiger partial charge in [0, 0.05) is 36.9 Å². The van der Waals surface area contributed by atoms with Gasteiger partial charge in [-0.05, 0) is 91.0 Å². The van der Waals surface area contributed by atoms with Gasteiger partial charge < -0.3 is 0 Å². The average Bonchev–Trinajstić information content (AvgIpc) is 3.65. The summed E-state index contributed by atoms with van der Waals surface area (Å²) in [5.41, 5.74) is 7.56. The van der Waals surface area contributed by atoms with Crippen LogP contribution >= 0.6 is 11.3 Å². The van der Waals surface area contributed by atoms with Crippen molar-refractivity contribution in [3.05, 3.63) is 188 Å². The maximum atomic E-state index is 5.00. The Balaban J connectivity index is 1.05. The second-order valence-electron chi connectivity index (χ2n) is 14.0. The van der Waals surface area contributed by atoms with Crippen LogP contribution in [-0.4, -0.2) is 15.0 Å². The highest BCUT2D eigenvalue weighted by Gasteiger charge is 2.15. The largest absolute Gasteiger partial charge is 0.208 e. The molecule has 11 rings (SSSR count). The van der Waals surface area contributed by atoms with Crippen LogP contribution in [0.4, 0.5) is 0 Å². The number of aromatic nitrogens is 3. The highest BCUT2D eigenvalue weighted by Crippen LogP contribution is 2.41. The Labute approximate surface area is 321 Å². The lowest BCUT2D eigenvalue weighted by Gasteiger charge is -2.14. The number of rotatable bonds is 5. The van der Waals surface area contributed by atoms with Crippen LogP contribution in [0.1, 0.15) is 0 Å². The lowest BCUT2D eigenvalue weighted by molar-refractivity contribution is 1.07. The van der Waals surface area contributed by atoms with Crippen LogP contribution in [0.25, 0.3) is 109 Å². The first-order valence-corrected chi connectivity index (χ1v) is 19.3. The van der Waals surface area contributed by atoms with Crippen molar-refractivity contribution in [1.29, 1.82) is 0 Å². The summed E-state index contributed by atoms with van der Waals surface area (Å²) < 4.78 is 2.65. The Kier molecular flexibility index (Phi) is 7.35. The molecule has 0 atom stereocenters. The van der Waals surface area contributed by atoms with E-state index in [4.69, 9.17) is 15.0 Å². The fraction of sp³-hybridized carbons (Fsp3) is 0. The fourth-order valence-electron chi connectivity index (χ4n) is 8.00. The third kappa shape index (κ3) is 5.46. The summed E-state index contributed by atoms with van der Waals surface area (Å²) in [7, 11) is 0.